The van der Waals surface area contributed by atoms with Gasteiger partial charge in [0, 0.05) is 17.0 Å². The van der Waals surface area contributed by atoms with E-state index >= 15 is 0 Å². The Bertz CT molecular complexity index is 1040. The Morgan fingerprint density at radius 2 is 2.03 bits per heavy atom. The van der Waals surface area contributed by atoms with Crippen LogP contribution in [0.4, 0.5) is 4.39 Å². The molecule has 0 saturated heterocycles. The predicted octanol–water partition coefficient (Wildman–Crippen LogP) is 3.70. The molecule has 2 unspecified atom stereocenters. The first kappa shape index (κ1) is 20.8. The minimum Gasteiger partial charge on any atom is -0.316 e. The molecule has 0 radical (unpaired) electrons. The smallest absolute Gasteiger partial charge is 0.215 e. The highest BCUT2D eigenvalue weighted by molar-refractivity contribution is 7.90. The molecule has 2 aromatic rings. The number of primary sulfonamides is 1. The van der Waals surface area contributed by atoms with E-state index in [1.807, 2.05) is 37.4 Å². The van der Waals surface area contributed by atoms with E-state index in [4.69, 9.17) is 16.7 Å². The Balaban J connectivity index is 1.69. The molecule has 2 aliphatic rings. The quantitative estimate of drug-likeness (QED) is 0.725. The molecular formula is C22H26ClFN2O2S. The van der Waals surface area contributed by atoms with E-state index in [1.165, 1.54) is 0 Å². The summed E-state index contributed by atoms with van der Waals surface area (Å²) in [6.45, 7) is 0. The summed E-state index contributed by atoms with van der Waals surface area (Å²) in [6, 6.07) is 11.4. The van der Waals surface area contributed by atoms with Crippen LogP contribution in [-0.4, -0.2) is 26.3 Å². The van der Waals surface area contributed by atoms with Crippen LogP contribution in [0.3, 0.4) is 0 Å². The van der Waals surface area contributed by atoms with Gasteiger partial charge in [-0.2, -0.15) is 0 Å². The van der Waals surface area contributed by atoms with Crippen molar-refractivity contribution in [3.63, 3.8) is 0 Å². The van der Waals surface area contributed by atoms with E-state index in [0.29, 0.717) is 23.4 Å². The molecule has 4 rings (SSSR count). The molecule has 4 nitrogen and oxygen atoms in total. The molecule has 2 aliphatic carbocycles. The summed E-state index contributed by atoms with van der Waals surface area (Å²) in [5.41, 5.74) is 3.65. The summed E-state index contributed by atoms with van der Waals surface area (Å²) >= 11 is 6.15. The summed E-state index contributed by atoms with van der Waals surface area (Å²) < 4.78 is 38.2. The van der Waals surface area contributed by atoms with E-state index in [1.54, 1.807) is 6.07 Å². The van der Waals surface area contributed by atoms with Gasteiger partial charge in [-0.1, -0.05) is 36.2 Å². The van der Waals surface area contributed by atoms with E-state index < -0.39 is 14.8 Å². The summed E-state index contributed by atoms with van der Waals surface area (Å²) in [5, 5.41) is 9.56. The zero-order chi connectivity index (χ0) is 20.8. The highest BCUT2D eigenvalue weighted by atomic mass is 35.5. The van der Waals surface area contributed by atoms with Crippen LogP contribution in [0.25, 0.3) is 0 Å². The summed E-state index contributed by atoms with van der Waals surface area (Å²) in [5.74, 6) is -0.170. The van der Waals surface area contributed by atoms with Gasteiger partial charge in [0.2, 0.25) is 10.0 Å². The van der Waals surface area contributed by atoms with Gasteiger partial charge >= 0.3 is 0 Å². The maximum absolute atomic E-state index is 14.9. The number of rotatable bonds is 6. The standard InChI is InChI=1S/C22H26ClFN2O2S/c1-26-21-12-15-11-20(24)16(13-22(6-3-7-22)29(25,27)28)10-18(15)19(21)9-14-4-2-5-17(23)8-14/h2,4-5,8,10-11,19,21,26H,3,6-7,9,12-13H2,1H3,(H2,25,27,28). The molecule has 156 valence electrons. The number of halogens is 2. The maximum atomic E-state index is 14.9. The van der Waals surface area contributed by atoms with Crippen LogP contribution in [-0.2, 0) is 29.3 Å². The first-order valence-electron chi connectivity index (χ1n) is 9.98. The van der Waals surface area contributed by atoms with Gasteiger partial charge in [-0.25, -0.2) is 17.9 Å². The van der Waals surface area contributed by atoms with E-state index in [9.17, 15) is 12.8 Å². The number of likely N-dealkylation sites (N-methyl/N-ethyl adjacent to an activating group) is 1. The Hall–Kier alpha value is -1.47. The Kier molecular flexibility index (Phi) is 5.49. The molecule has 0 amide bonds. The highest BCUT2D eigenvalue weighted by Gasteiger charge is 2.47. The van der Waals surface area contributed by atoms with Crippen LogP contribution >= 0.6 is 11.6 Å². The maximum Gasteiger partial charge on any atom is 0.215 e. The molecular weight excluding hydrogens is 411 g/mol. The van der Waals surface area contributed by atoms with Gasteiger partial charge in [-0.05, 0) is 79.6 Å². The normalized spacial score (nSPS) is 22.9. The van der Waals surface area contributed by atoms with Crippen molar-refractivity contribution in [3.05, 3.63) is 69.5 Å². The molecule has 2 aromatic carbocycles. The van der Waals surface area contributed by atoms with Crippen molar-refractivity contribution < 1.29 is 12.8 Å². The molecule has 29 heavy (non-hydrogen) atoms. The number of fused-ring (bicyclic) bond motifs is 1. The van der Waals surface area contributed by atoms with Crippen LogP contribution < -0.4 is 10.5 Å². The topological polar surface area (TPSA) is 72.2 Å². The monoisotopic (exact) mass is 436 g/mol. The lowest BCUT2D eigenvalue weighted by atomic mass is 9.79. The second kappa shape index (κ2) is 7.65. The molecule has 0 aliphatic heterocycles. The van der Waals surface area contributed by atoms with Crippen molar-refractivity contribution in [2.24, 2.45) is 5.14 Å². The van der Waals surface area contributed by atoms with Gasteiger partial charge in [0.05, 0.1) is 4.75 Å². The molecule has 0 spiro atoms. The lowest BCUT2D eigenvalue weighted by Gasteiger charge is -2.39. The van der Waals surface area contributed by atoms with Gasteiger partial charge in [0.25, 0.3) is 0 Å². The molecule has 3 N–H and O–H groups in total. The van der Waals surface area contributed by atoms with Crippen molar-refractivity contribution in [3.8, 4) is 0 Å². The molecule has 7 heteroatoms. The number of nitrogens with two attached hydrogens (primary N) is 1. The van der Waals surface area contributed by atoms with Gasteiger partial charge in [-0.3, -0.25) is 0 Å². The fourth-order valence-corrected chi connectivity index (χ4v) is 6.31. The zero-order valence-electron chi connectivity index (χ0n) is 16.4. The van der Waals surface area contributed by atoms with Crippen LogP contribution in [0.15, 0.2) is 36.4 Å². The van der Waals surface area contributed by atoms with Crippen molar-refractivity contribution >= 4 is 21.6 Å². The van der Waals surface area contributed by atoms with Crippen LogP contribution in [0, 0.1) is 5.82 Å². The summed E-state index contributed by atoms with van der Waals surface area (Å²) in [4.78, 5) is 0. The van der Waals surface area contributed by atoms with E-state index in [2.05, 4.69) is 5.32 Å². The summed E-state index contributed by atoms with van der Waals surface area (Å²) in [6.07, 6.45) is 3.46. The predicted molar refractivity (Wildman–Crippen MR) is 114 cm³/mol. The van der Waals surface area contributed by atoms with Crippen LogP contribution in [0.5, 0.6) is 0 Å². The van der Waals surface area contributed by atoms with Gasteiger partial charge in [0.1, 0.15) is 5.82 Å². The molecule has 0 heterocycles. The third-order valence-corrected chi connectivity index (χ3v) is 8.72. The Labute approximate surface area is 176 Å². The van der Waals surface area contributed by atoms with E-state index in [0.717, 1.165) is 36.0 Å². The number of nitrogens with one attached hydrogen (secondary N) is 1. The molecule has 0 aromatic heterocycles. The Morgan fingerprint density at radius 3 is 2.62 bits per heavy atom. The first-order chi connectivity index (χ1) is 13.7. The third-order valence-electron chi connectivity index (χ3n) is 6.73. The lowest BCUT2D eigenvalue weighted by Crippen LogP contribution is -2.50. The summed E-state index contributed by atoms with van der Waals surface area (Å²) in [7, 11) is -1.81. The second-order valence-corrected chi connectivity index (χ2v) is 10.8. The van der Waals surface area contributed by atoms with Crippen LogP contribution in [0.2, 0.25) is 5.02 Å². The third kappa shape index (κ3) is 3.83. The van der Waals surface area contributed by atoms with Crippen molar-refractivity contribution in [2.45, 2.75) is 55.2 Å². The van der Waals surface area contributed by atoms with Crippen molar-refractivity contribution in [1.82, 2.24) is 5.32 Å². The largest absolute Gasteiger partial charge is 0.316 e. The SMILES string of the molecule is CNC1Cc2cc(F)c(CC3(S(N)(=O)=O)CCC3)cc2C1Cc1cccc(Cl)c1. The lowest BCUT2D eigenvalue weighted by molar-refractivity contribution is 0.331. The number of sulfonamides is 1. The van der Waals surface area contributed by atoms with Crippen LogP contribution in [0.1, 0.15) is 47.4 Å². The molecule has 1 saturated carbocycles. The van der Waals surface area contributed by atoms with E-state index in [-0.39, 0.29) is 24.2 Å². The van der Waals surface area contributed by atoms with Gasteiger partial charge in [0.15, 0.2) is 0 Å². The minimum absolute atomic E-state index is 0.138. The fraction of sp³-hybridized carbons (Fsp3) is 0.455. The Morgan fingerprint density at radius 1 is 1.28 bits per heavy atom. The zero-order valence-corrected chi connectivity index (χ0v) is 18.0. The average Bonchev–Trinajstić information content (AvgIpc) is 2.93. The second-order valence-electron chi connectivity index (χ2n) is 8.44. The van der Waals surface area contributed by atoms with Gasteiger partial charge in [-0.15, -0.1) is 0 Å². The fourth-order valence-electron chi connectivity index (χ4n) is 4.89. The van der Waals surface area contributed by atoms with Crippen molar-refractivity contribution in [2.75, 3.05) is 7.05 Å². The minimum atomic E-state index is -3.73. The van der Waals surface area contributed by atoms with Crippen molar-refractivity contribution in [1.29, 1.82) is 0 Å². The molecule has 0 bridgehead atoms. The highest BCUT2D eigenvalue weighted by Crippen LogP contribution is 2.43. The molecule has 1 fully saturated rings. The number of hydrogen-bond acceptors (Lipinski definition) is 3. The van der Waals surface area contributed by atoms with Gasteiger partial charge < -0.3 is 5.32 Å². The first-order valence-corrected chi connectivity index (χ1v) is 11.9. The number of benzene rings is 2. The number of hydrogen-bond donors (Lipinski definition) is 2. The molecule has 2 atom stereocenters. The average molecular weight is 437 g/mol.